The number of hydrogen-bond donors (Lipinski definition) is 1. The number of morpholine rings is 1. The van der Waals surface area contributed by atoms with Gasteiger partial charge in [-0.3, -0.25) is 4.90 Å². The van der Waals surface area contributed by atoms with Crippen LogP contribution >= 0.6 is 0 Å². The lowest BCUT2D eigenvalue weighted by Gasteiger charge is -2.48. The minimum atomic E-state index is -0.104. The highest BCUT2D eigenvalue weighted by molar-refractivity contribution is 5.38. The van der Waals surface area contributed by atoms with E-state index in [1.807, 2.05) is 13.1 Å². The third-order valence-electron chi connectivity index (χ3n) is 4.42. The molecule has 0 spiro atoms. The molecule has 1 N–H and O–H groups in total. The van der Waals surface area contributed by atoms with Crippen LogP contribution in [0.25, 0.3) is 0 Å². The Kier molecular flexibility index (Phi) is 3.95. The third kappa shape index (κ3) is 2.93. The van der Waals surface area contributed by atoms with Crippen LogP contribution in [-0.4, -0.2) is 49.4 Å². The lowest BCUT2D eigenvalue weighted by molar-refractivity contribution is -0.144. The van der Waals surface area contributed by atoms with E-state index in [4.69, 9.17) is 9.47 Å². The number of para-hydroxylation sites is 1. The van der Waals surface area contributed by atoms with Crippen LogP contribution in [0, 0.1) is 0 Å². The molecule has 2 heterocycles. The zero-order chi connectivity index (χ0) is 15.0. The van der Waals surface area contributed by atoms with E-state index in [9.17, 15) is 0 Å². The second-order valence-corrected chi connectivity index (χ2v) is 6.80. The first-order valence-corrected chi connectivity index (χ1v) is 7.81. The molecule has 0 aromatic heterocycles. The van der Waals surface area contributed by atoms with Crippen molar-refractivity contribution in [2.45, 2.75) is 44.6 Å². The summed E-state index contributed by atoms with van der Waals surface area (Å²) in [6, 6.07) is 8.98. The summed E-state index contributed by atoms with van der Waals surface area (Å²) in [5.41, 5.74) is 1.15. The maximum Gasteiger partial charge on any atom is 0.124 e. The number of nitrogens with zero attached hydrogens (tertiary/aromatic N) is 1. The monoisotopic (exact) mass is 290 g/mol. The lowest BCUT2D eigenvalue weighted by Crippen LogP contribution is -2.59. The molecular weight excluding hydrogens is 264 g/mol. The molecule has 3 atom stereocenters. The van der Waals surface area contributed by atoms with Crippen molar-refractivity contribution in [3.05, 3.63) is 29.8 Å². The van der Waals surface area contributed by atoms with Crippen LogP contribution < -0.4 is 10.1 Å². The Morgan fingerprint density at radius 2 is 2.05 bits per heavy atom. The third-order valence-corrected chi connectivity index (χ3v) is 4.42. The van der Waals surface area contributed by atoms with Crippen molar-refractivity contribution in [3.8, 4) is 5.75 Å². The average Bonchev–Trinajstić information content (AvgIpc) is 2.43. The van der Waals surface area contributed by atoms with E-state index in [0.717, 1.165) is 25.4 Å². The van der Waals surface area contributed by atoms with Crippen molar-refractivity contribution < 1.29 is 9.47 Å². The van der Waals surface area contributed by atoms with E-state index in [-0.39, 0.29) is 11.7 Å². The number of ether oxygens (including phenoxy) is 2. The van der Waals surface area contributed by atoms with Gasteiger partial charge in [-0.2, -0.15) is 0 Å². The molecule has 4 nitrogen and oxygen atoms in total. The minimum absolute atomic E-state index is 0.104. The van der Waals surface area contributed by atoms with Gasteiger partial charge in [0.2, 0.25) is 0 Å². The molecule has 116 valence electrons. The molecule has 1 aromatic carbocycles. The Morgan fingerprint density at radius 1 is 1.29 bits per heavy atom. The summed E-state index contributed by atoms with van der Waals surface area (Å²) >= 11 is 0. The number of fused-ring (bicyclic) bond motifs is 1. The van der Waals surface area contributed by atoms with Crippen molar-refractivity contribution in [1.29, 1.82) is 0 Å². The molecular formula is C17H26N2O2. The first kappa shape index (κ1) is 14.8. The summed E-state index contributed by atoms with van der Waals surface area (Å²) in [6.45, 7) is 9.11. The van der Waals surface area contributed by atoms with Gasteiger partial charge in [0.15, 0.2) is 0 Å². The molecule has 0 bridgehead atoms. The molecule has 1 fully saturated rings. The number of hydrogen-bond acceptors (Lipinski definition) is 4. The molecule has 0 amide bonds. The summed E-state index contributed by atoms with van der Waals surface area (Å²) in [4.78, 5) is 2.52. The van der Waals surface area contributed by atoms with Crippen LogP contribution in [0.15, 0.2) is 24.3 Å². The van der Waals surface area contributed by atoms with Crippen LogP contribution in [0.5, 0.6) is 5.75 Å². The molecule has 21 heavy (non-hydrogen) atoms. The topological polar surface area (TPSA) is 33.7 Å². The Bertz CT molecular complexity index is 503. The summed E-state index contributed by atoms with van der Waals surface area (Å²) in [6.07, 6.45) is 0.253. The molecule has 2 aliphatic heterocycles. The van der Waals surface area contributed by atoms with E-state index in [0.29, 0.717) is 12.1 Å². The summed E-state index contributed by atoms with van der Waals surface area (Å²) in [7, 11) is 2.04. The highest BCUT2D eigenvalue weighted by atomic mass is 16.5. The van der Waals surface area contributed by atoms with Crippen LogP contribution in [0.4, 0.5) is 0 Å². The Hall–Kier alpha value is -1.10. The van der Waals surface area contributed by atoms with E-state index in [1.54, 1.807) is 0 Å². The van der Waals surface area contributed by atoms with Crippen LogP contribution in [0.3, 0.4) is 0 Å². The van der Waals surface area contributed by atoms with Gasteiger partial charge in [-0.05, 0) is 33.9 Å². The van der Waals surface area contributed by atoms with Crippen LogP contribution in [-0.2, 0) is 4.74 Å². The maximum absolute atomic E-state index is 6.03. The summed E-state index contributed by atoms with van der Waals surface area (Å²) in [5.74, 6) is 1.01. The molecule has 0 radical (unpaired) electrons. The predicted molar refractivity (Wildman–Crippen MR) is 83.7 cm³/mol. The first-order chi connectivity index (χ1) is 10.00. The lowest BCUT2D eigenvalue weighted by atomic mass is 9.93. The SMILES string of the molecule is CNC1c2ccccc2OCC1N1CC(C)OC(C)(C)C1. The van der Waals surface area contributed by atoms with Crippen molar-refractivity contribution >= 4 is 0 Å². The summed E-state index contributed by atoms with van der Waals surface area (Å²) < 4.78 is 12.0. The number of benzene rings is 1. The molecule has 4 heteroatoms. The Labute approximate surface area is 127 Å². The van der Waals surface area contributed by atoms with Crippen LogP contribution in [0.1, 0.15) is 32.4 Å². The molecule has 2 aliphatic rings. The van der Waals surface area contributed by atoms with Gasteiger partial charge in [0.25, 0.3) is 0 Å². The smallest absolute Gasteiger partial charge is 0.124 e. The molecule has 0 aliphatic carbocycles. The standard InChI is InChI=1S/C17H26N2O2/c1-12-9-19(11-17(2,3)21-12)14-10-20-15-8-6-5-7-13(15)16(14)18-4/h5-8,12,14,16,18H,9-11H2,1-4H3. The van der Waals surface area contributed by atoms with Crippen molar-refractivity contribution in [2.75, 3.05) is 26.7 Å². The fourth-order valence-corrected chi connectivity index (χ4v) is 3.77. The Balaban J connectivity index is 1.85. The van der Waals surface area contributed by atoms with E-state index < -0.39 is 0 Å². The highest BCUT2D eigenvalue weighted by Crippen LogP contribution is 2.35. The van der Waals surface area contributed by atoms with E-state index in [2.05, 4.69) is 49.2 Å². The predicted octanol–water partition coefficient (Wildman–Crippen LogP) is 2.21. The zero-order valence-corrected chi connectivity index (χ0v) is 13.4. The average molecular weight is 290 g/mol. The fourth-order valence-electron chi connectivity index (χ4n) is 3.77. The Morgan fingerprint density at radius 3 is 2.76 bits per heavy atom. The van der Waals surface area contributed by atoms with Gasteiger partial charge in [0.1, 0.15) is 12.4 Å². The summed E-state index contributed by atoms with van der Waals surface area (Å²) in [5, 5.41) is 3.49. The second-order valence-electron chi connectivity index (χ2n) is 6.80. The maximum atomic E-state index is 6.03. The normalized spacial score (nSPS) is 32.3. The molecule has 3 rings (SSSR count). The largest absolute Gasteiger partial charge is 0.492 e. The molecule has 1 aromatic rings. The van der Waals surface area contributed by atoms with Gasteiger partial charge >= 0.3 is 0 Å². The van der Waals surface area contributed by atoms with Crippen molar-refractivity contribution in [3.63, 3.8) is 0 Å². The quantitative estimate of drug-likeness (QED) is 0.905. The second kappa shape index (κ2) is 5.59. The number of nitrogens with one attached hydrogen (secondary N) is 1. The fraction of sp³-hybridized carbons (Fsp3) is 0.647. The van der Waals surface area contributed by atoms with Crippen LogP contribution in [0.2, 0.25) is 0 Å². The number of rotatable bonds is 2. The van der Waals surface area contributed by atoms with Gasteiger partial charge in [-0.15, -0.1) is 0 Å². The molecule has 3 unspecified atom stereocenters. The first-order valence-electron chi connectivity index (χ1n) is 7.81. The molecule has 0 saturated carbocycles. The van der Waals surface area contributed by atoms with Gasteiger partial charge in [0.05, 0.1) is 23.8 Å². The van der Waals surface area contributed by atoms with Gasteiger partial charge in [0, 0.05) is 18.7 Å². The zero-order valence-electron chi connectivity index (χ0n) is 13.4. The van der Waals surface area contributed by atoms with Gasteiger partial charge in [-0.25, -0.2) is 0 Å². The molecule has 1 saturated heterocycles. The number of likely N-dealkylation sites (N-methyl/N-ethyl adjacent to an activating group) is 1. The van der Waals surface area contributed by atoms with Gasteiger partial charge < -0.3 is 14.8 Å². The van der Waals surface area contributed by atoms with E-state index in [1.165, 1.54) is 5.56 Å². The van der Waals surface area contributed by atoms with E-state index >= 15 is 0 Å². The minimum Gasteiger partial charge on any atom is -0.492 e. The van der Waals surface area contributed by atoms with Crippen molar-refractivity contribution in [2.24, 2.45) is 0 Å². The highest BCUT2D eigenvalue weighted by Gasteiger charge is 2.40. The van der Waals surface area contributed by atoms with Crippen molar-refractivity contribution in [1.82, 2.24) is 10.2 Å². The van der Waals surface area contributed by atoms with Gasteiger partial charge in [-0.1, -0.05) is 18.2 Å².